The van der Waals surface area contributed by atoms with Crippen molar-refractivity contribution in [1.29, 1.82) is 0 Å². The fraction of sp³-hybridized carbons (Fsp3) is 0.211. The number of hydrogen-bond donors (Lipinski definition) is 1. The number of benzene rings is 2. The van der Waals surface area contributed by atoms with Crippen LogP contribution in [0.25, 0.3) is 10.8 Å². The predicted octanol–water partition coefficient (Wildman–Crippen LogP) is 2.83. The zero-order chi connectivity index (χ0) is 17.1. The van der Waals surface area contributed by atoms with E-state index in [0.29, 0.717) is 29.4 Å². The normalized spacial score (nSPS) is 12.2. The second-order valence-electron chi connectivity index (χ2n) is 5.75. The van der Waals surface area contributed by atoms with Crippen LogP contribution in [0.5, 0.6) is 0 Å². The van der Waals surface area contributed by atoms with E-state index in [1.165, 1.54) is 4.68 Å². The van der Waals surface area contributed by atoms with Crippen LogP contribution in [0.1, 0.15) is 24.1 Å². The first kappa shape index (κ1) is 15.9. The first-order chi connectivity index (χ1) is 11.6. The summed E-state index contributed by atoms with van der Waals surface area (Å²) in [6, 6.07) is 16.9. The molecule has 3 rings (SSSR count). The number of aliphatic carboxylic acids is 1. The third-order valence-corrected chi connectivity index (χ3v) is 4.13. The van der Waals surface area contributed by atoms with Crippen molar-refractivity contribution in [3.8, 4) is 0 Å². The maximum Gasteiger partial charge on any atom is 0.312 e. The van der Waals surface area contributed by atoms with Gasteiger partial charge in [0.05, 0.1) is 17.0 Å². The second kappa shape index (κ2) is 6.66. The van der Waals surface area contributed by atoms with Crippen LogP contribution >= 0.6 is 0 Å². The van der Waals surface area contributed by atoms with Gasteiger partial charge in [0.1, 0.15) is 0 Å². The fourth-order valence-electron chi connectivity index (χ4n) is 2.73. The minimum Gasteiger partial charge on any atom is -0.481 e. The smallest absolute Gasteiger partial charge is 0.312 e. The van der Waals surface area contributed by atoms with Crippen LogP contribution in [0, 0.1) is 0 Å². The first-order valence-corrected chi connectivity index (χ1v) is 7.84. The SMILES string of the molecule is C[C@H](C(=O)O)c1nn(CCc2ccccc2)c(=O)c2ccccc12. The number of carbonyl (C=O) groups is 1. The van der Waals surface area contributed by atoms with E-state index in [-0.39, 0.29) is 5.56 Å². The Kier molecular flexibility index (Phi) is 4.42. The van der Waals surface area contributed by atoms with Gasteiger partial charge >= 0.3 is 5.97 Å². The van der Waals surface area contributed by atoms with E-state index in [1.54, 1.807) is 31.2 Å². The van der Waals surface area contributed by atoms with Crippen LogP contribution in [-0.4, -0.2) is 20.9 Å². The third kappa shape index (κ3) is 3.06. The third-order valence-electron chi connectivity index (χ3n) is 4.13. The maximum atomic E-state index is 12.6. The largest absolute Gasteiger partial charge is 0.481 e. The van der Waals surface area contributed by atoms with Crippen LogP contribution in [0.4, 0.5) is 0 Å². The van der Waals surface area contributed by atoms with Gasteiger partial charge in [0.2, 0.25) is 0 Å². The average molecular weight is 322 g/mol. The lowest BCUT2D eigenvalue weighted by Crippen LogP contribution is -2.27. The first-order valence-electron chi connectivity index (χ1n) is 7.84. The molecular formula is C19H18N2O3. The van der Waals surface area contributed by atoms with Gasteiger partial charge in [0.25, 0.3) is 5.56 Å². The highest BCUT2D eigenvalue weighted by Gasteiger charge is 2.20. The lowest BCUT2D eigenvalue weighted by atomic mass is 10.0. The zero-order valence-corrected chi connectivity index (χ0v) is 13.3. The van der Waals surface area contributed by atoms with Gasteiger partial charge in [-0.1, -0.05) is 48.5 Å². The topological polar surface area (TPSA) is 72.2 Å². The maximum absolute atomic E-state index is 12.6. The minimum absolute atomic E-state index is 0.192. The van der Waals surface area contributed by atoms with Gasteiger partial charge in [-0.05, 0) is 25.0 Å². The number of carboxylic acids is 1. The fourth-order valence-corrected chi connectivity index (χ4v) is 2.73. The van der Waals surface area contributed by atoms with Crippen LogP contribution in [0.15, 0.2) is 59.4 Å². The summed E-state index contributed by atoms with van der Waals surface area (Å²) in [4.78, 5) is 24.0. The van der Waals surface area contributed by atoms with Crippen molar-refractivity contribution in [2.45, 2.75) is 25.8 Å². The molecule has 0 saturated heterocycles. The van der Waals surface area contributed by atoms with Crippen molar-refractivity contribution in [3.05, 3.63) is 76.2 Å². The van der Waals surface area contributed by atoms with Gasteiger partial charge in [-0.2, -0.15) is 5.10 Å². The van der Waals surface area contributed by atoms with E-state index in [0.717, 1.165) is 5.56 Å². The lowest BCUT2D eigenvalue weighted by molar-refractivity contribution is -0.138. The number of aromatic nitrogens is 2. The van der Waals surface area contributed by atoms with Crippen LogP contribution in [0.3, 0.4) is 0 Å². The summed E-state index contributed by atoms with van der Waals surface area (Å²) < 4.78 is 1.38. The molecule has 5 nitrogen and oxygen atoms in total. The number of aryl methyl sites for hydroxylation is 2. The molecular weight excluding hydrogens is 304 g/mol. The van der Waals surface area contributed by atoms with Gasteiger partial charge in [-0.15, -0.1) is 0 Å². The summed E-state index contributed by atoms with van der Waals surface area (Å²) in [5, 5.41) is 14.8. The predicted molar refractivity (Wildman–Crippen MR) is 92.2 cm³/mol. The van der Waals surface area contributed by atoms with Crippen molar-refractivity contribution >= 4 is 16.7 Å². The Morgan fingerprint density at radius 3 is 2.38 bits per heavy atom. The Morgan fingerprint density at radius 2 is 1.71 bits per heavy atom. The van der Waals surface area contributed by atoms with E-state index in [2.05, 4.69) is 5.10 Å². The molecule has 0 fully saturated rings. The lowest BCUT2D eigenvalue weighted by Gasteiger charge is -2.13. The molecule has 1 atom stereocenters. The van der Waals surface area contributed by atoms with E-state index in [9.17, 15) is 14.7 Å². The molecule has 0 unspecified atom stereocenters. The molecule has 3 aromatic rings. The van der Waals surface area contributed by atoms with Gasteiger partial charge in [0, 0.05) is 11.9 Å². The molecule has 0 aliphatic heterocycles. The molecule has 0 aliphatic carbocycles. The minimum atomic E-state index is -0.957. The summed E-state index contributed by atoms with van der Waals surface area (Å²) in [5.41, 5.74) is 1.33. The molecule has 5 heteroatoms. The molecule has 2 aromatic carbocycles. The zero-order valence-electron chi connectivity index (χ0n) is 13.3. The summed E-state index contributed by atoms with van der Waals surface area (Å²) in [6.45, 7) is 2.00. The number of rotatable bonds is 5. The molecule has 1 N–H and O–H groups in total. The van der Waals surface area contributed by atoms with Crippen molar-refractivity contribution in [1.82, 2.24) is 9.78 Å². The van der Waals surface area contributed by atoms with E-state index >= 15 is 0 Å². The number of fused-ring (bicyclic) bond motifs is 1. The quantitative estimate of drug-likeness (QED) is 0.784. The van der Waals surface area contributed by atoms with Crippen LogP contribution in [0.2, 0.25) is 0 Å². The molecule has 24 heavy (non-hydrogen) atoms. The number of hydrogen-bond acceptors (Lipinski definition) is 3. The Morgan fingerprint density at radius 1 is 1.08 bits per heavy atom. The summed E-state index contributed by atoms with van der Waals surface area (Å²) in [6.07, 6.45) is 0.660. The van der Waals surface area contributed by atoms with Crippen molar-refractivity contribution in [3.63, 3.8) is 0 Å². The molecule has 1 aromatic heterocycles. The monoisotopic (exact) mass is 322 g/mol. The van der Waals surface area contributed by atoms with Crippen LogP contribution in [-0.2, 0) is 17.8 Å². The Balaban J connectivity index is 2.06. The molecule has 1 heterocycles. The van der Waals surface area contributed by atoms with Gasteiger partial charge in [-0.25, -0.2) is 4.68 Å². The van der Waals surface area contributed by atoms with E-state index < -0.39 is 11.9 Å². The standard InChI is InChI=1S/C19H18N2O3/c1-13(19(23)24)17-15-9-5-6-10-16(15)18(22)21(20-17)12-11-14-7-3-2-4-8-14/h2-10,13H,11-12H2,1H3,(H,23,24)/t13-/m0/s1. The van der Waals surface area contributed by atoms with E-state index in [4.69, 9.17) is 0 Å². The Hall–Kier alpha value is -2.95. The van der Waals surface area contributed by atoms with Gasteiger partial charge < -0.3 is 5.11 Å². The highest BCUT2D eigenvalue weighted by molar-refractivity contribution is 5.88. The molecule has 0 bridgehead atoms. The molecule has 122 valence electrons. The highest BCUT2D eigenvalue weighted by Crippen LogP contribution is 2.21. The number of nitrogens with zero attached hydrogens (tertiary/aromatic N) is 2. The van der Waals surface area contributed by atoms with Crippen molar-refractivity contribution < 1.29 is 9.90 Å². The Labute approximate surface area is 139 Å². The van der Waals surface area contributed by atoms with E-state index in [1.807, 2.05) is 30.3 Å². The van der Waals surface area contributed by atoms with Crippen molar-refractivity contribution in [2.24, 2.45) is 0 Å². The summed E-state index contributed by atoms with van der Waals surface area (Å²) >= 11 is 0. The number of carboxylic acid groups (broad SMARTS) is 1. The molecule has 0 spiro atoms. The second-order valence-corrected chi connectivity index (χ2v) is 5.75. The van der Waals surface area contributed by atoms with Gasteiger partial charge in [-0.3, -0.25) is 9.59 Å². The molecule has 0 amide bonds. The average Bonchev–Trinajstić information content (AvgIpc) is 2.61. The highest BCUT2D eigenvalue weighted by atomic mass is 16.4. The summed E-state index contributed by atoms with van der Waals surface area (Å²) in [7, 11) is 0. The molecule has 0 saturated carbocycles. The molecule has 0 radical (unpaired) electrons. The Bertz CT molecular complexity index is 932. The van der Waals surface area contributed by atoms with Gasteiger partial charge in [0.15, 0.2) is 0 Å². The van der Waals surface area contributed by atoms with Crippen LogP contribution < -0.4 is 5.56 Å². The van der Waals surface area contributed by atoms with Crippen molar-refractivity contribution in [2.75, 3.05) is 0 Å². The molecule has 0 aliphatic rings. The summed E-state index contributed by atoms with van der Waals surface area (Å²) in [5.74, 6) is -1.74.